The Balaban J connectivity index is 1.57. The first-order valence-corrected chi connectivity index (χ1v) is 11.0. The zero-order valence-corrected chi connectivity index (χ0v) is 18.6. The van der Waals surface area contributed by atoms with Gasteiger partial charge in [0.25, 0.3) is 0 Å². The van der Waals surface area contributed by atoms with Gasteiger partial charge in [-0.1, -0.05) is 13.8 Å². The van der Waals surface area contributed by atoms with E-state index in [2.05, 4.69) is 29.8 Å². The molecule has 3 rings (SSSR count). The van der Waals surface area contributed by atoms with Crippen LogP contribution in [0.2, 0.25) is 0 Å². The van der Waals surface area contributed by atoms with Crippen molar-refractivity contribution in [2.45, 2.75) is 51.7 Å². The number of carbonyl (C=O) groups excluding carboxylic acids is 1. The van der Waals surface area contributed by atoms with Crippen LogP contribution in [0.3, 0.4) is 0 Å². The van der Waals surface area contributed by atoms with E-state index < -0.39 is 0 Å². The number of ether oxygens (including phenoxy) is 3. The van der Waals surface area contributed by atoms with Gasteiger partial charge in [0.15, 0.2) is 11.5 Å². The van der Waals surface area contributed by atoms with Gasteiger partial charge in [0.1, 0.15) is 5.75 Å². The molecule has 1 aliphatic heterocycles. The summed E-state index contributed by atoms with van der Waals surface area (Å²) in [5.74, 6) is 1.82. The Morgan fingerprint density at radius 3 is 2.48 bits per heavy atom. The van der Waals surface area contributed by atoms with Crippen molar-refractivity contribution >= 4 is 17.4 Å². The second-order valence-electron chi connectivity index (χ2n) is 7.62. The first-order chi connectivity index (χ1) is 15.1. The van der Waals surface area contributed by atoms with Crippen LogP contribution < -0.4 is 25.4 Å². The van der Waals surface area contributed by atoms with Crippen LogP contribution in [-0.2, 0) is 4.74 Å². The highest BCUT2D eigenvalue weighted by Gasteiger charge is 2.15. The third-order valence-electron chi connectivity index (χ3n) is 5.38. The first kappa shape index (κ1) is 22.7. The van der Waals surface area contributed by atoms with Crippen molar-refractivity contribution in [3.63, 3.8) is 0 Å². The number of benzene rings is 2. The predicted molar refractivity (Wildman–Crippen MR) is 123 cm³/mol. The molecule has 0 aliphatic carbocycles. The van der Waals surface area contributed by atoms with Crippen LogP contribution in [0.4, 0.5) is 16.2 Å². The highest BCUT2D eigenvalue weighted by atomic mass is 16.5. The molecular formula is C24H33N3O4. The fourth-order valence-electron chi connectivity index (χ4n) is 3.48. The largest absolute Gasteiger partial charge is 0.493 e. The van der Waals surface area contributed by atoms with Gasteiger partial charge in [-0.2, -0.15) is 0 Å². The summed E-state index contributed by atoms with van der Waals surface area (Å²) in [5, 5.41) is 9.20. The molecule has 0 spiro atoms. The van der Waals surface area contributed by atoms with Crippen LogP contribution in [0, 0.1) is 0 Å². The number of urea groups is 1. The molecule has 1 atom stereocenters. The standard InChI is InChI=1S/C24H33N3O4/c1-4-17(5-2)26-24(28)27-19-10-13-22(23(15-19)29-3)31-20-11-8-18(9-12-20)25-16-21-7-6-14-30-21/h8-13,15,17,21,25H,4-7,14,16H2,1-3H3,(H2,26,27,28). The highest BCUT2D eigenvalue weighted by Crippen LogP contribution is 2.34. The molecule has 7 heteroatoms. The maximum Gasteiger partial charge on any atom is 0.319 e. The van der Waals surface area contributed by atoms with Gasteiger partial charge in [-0.15, -0.1) is 0 Å². The van der Waals surface area contributed by atoms with E-state index in [1.165, 1.54) is 0 Å². The van der Waals surface area contributed by atoms with E-state index in [9.17, 15) is 4.79 Å². The Bertz CT molecular complexity index is 831. The van der Waals surface area contributed by atoms with Gasteiger partial charge in [-0.3, -0.25) is 0 Å². The predicted octanol–water partition coefficient (Wildman–Crippen LogP) is 5.39. The topological polar surface area (TPSA) is 80.9 Å². The molecule has 0 aromatic heterocycles. The van der Waals surface area contributed by atoms with Crippen LogP contribution in [-0.4, -0.2) is 38.4 Å². The van der Waals surface area contributed by atoms with Crippen molar-refractivity contribution in [1.29, 1.82) is 0 Å². The van der Waals surface area contributed by atoms with Crippen molar-refractivity contribution < 1.29 is 19.0 Å². The first-order valence-electron chi connectivity index (χ1n) is 11.0. The highest BCUT2D eigenvalue weighted by molar-refractivity contribution is 5.89. The Kier molecular flexibility index (Phi) is 8.41. The SMILES string of the molecule is CCC(CC)NC(=O)Nc1ccc(Oc2ccc(NCC3CCCO3)cc2)c(OC)c1. The average molecular weight is 428 g/mol. The fourth-order valence-corrected chi connectivity index (χ4v) is 3.48. The van der Waals surface area contributed by atoms with Crippen LogP contribution in [0.15, 0.2) is 42.5 Å². The van der Waals surface area contributed by atoms with E-state index in [1.54, 1.807) is 25.3 Å². The second kappa shape index (κ2) is 11.5. The molecule has 168 valence electrons. The van der Waals surface area contributed by atoms with Gasteiger partial charge in [0.2, 0.25) is 0 Å². The summed E-state index contributed by atoms with van der Waals surface area (Å²) >= 11 is 0. The smallest absolute Gasteiger partial charge is 0.319 e. The van der Waals surface area contributed by atoms with E-state index in [0.717, 1.165) is 44.5 Å². The molecule has 2 aromatic carbocycles. The molecular weight excluding hydrogens is 394 g/mol. The summed E-state index contributed by atoms with van der Waals surface area (Å²) in [6.07, 6.45) is 4.32. The minimum absolute atomic E-state index is 0.160. The molecule has 3 N–H and O–H groups in total. The zero-order valence-electron chi connectivity index (χ0n) is 18.6. The van der Waals surface area contributed by atoms with Crippen LogP contribution in [0.5, 0.6) is 17.2 Å². The van der Waals surface area contributed by atoms with Crippen LogP contribution in [0.25, 0.3) is 0 Å². The molecule has 1 aliphatic rings. The average Bonchev–Trinajstić information content (AvgIpc) is 3.31. The zero-order chi connectivity index (χ0) is 22.1. The third-order valence-corrected chi connectivity index (χ3v) is 5.38. The number of hydrogen-bond acceptors (Lipinski definition) is 5. The normalized spacial score (nSPS) is 15.5. The Morgan fingerprint density at radius 1 is 1.10 bits per heavy atom. The molecule has 1 saturated heterocycles. The van der Waals surface area contributed by atoms with Crippen molar-refractivity contribution in [3.8, 4) is 17.2 Å². The van der Waals surface area contributed by atoms with E-state index in [4.69, 9.17) is 14.2 Å². The molecule has 0 radical (unpaired) electrons. The minimum atomic E-state index is -0.226. The summed E-state index contributed by atoms with van der Waals surface area (Å²) in [5.41, 5.74) is 1.67. The molecule has 1 unspecified atom stereocenters. The minimum Gasteiger partial charge on any atom is -0.493 e. The number of anilines is 2. The maximum absolute atomic E-state index is 12.2. The van der Waals surface area contributed by atoms with Crippen molar-refractivity contribution in [2.24, 2.45) is 0 Å². The van der Waals surface area contributed by atoms with E-state index >= 15 is 0 Å². The van der Waals surface area contributed by atoms with E-state index in [1.807, 2.05) is 24.3 Å². The van der Waals surface area contributed by atoms with Gasteiger partial charge in [-0.25, -0.2) is 4.79 Å². The van der Waals surface area contributed by atoms with Crippen molar-refractivity contribution in [1.82, 2.24) is 5.32 Å². The number of methoxy groups -OCH3 is 1. The maximum atomic E-state index is 12.2. The molecule has 1 heterocycles. The summed E-state index contributed by atoms with van der Waals surface area (Å²) in [4.78, 5) is 12.2. The lowest BCUT2D eigenvalue weighted by atomic mass is 10.2. The number of nitrogens with one attached hydrogen (secondary N) is 3. The molecule has 2 amide bonds. The lowest BCUT2D eigenvalue weighted by Gasteiger charge is -2.16. The number of rotatable bonds is 10. The number of amides is 2. The van der Waals surface area contributed by atoms with Gasteiger partial charge in [0.05, 0.1) is 13.2 Å². The van der Waals surface area contributed by atoms with E-state index in [-0.39, 0.29) is 12.1 Å². The Hall–Kier alpha value is -2.93. The number of hydrogen-bond donors (Lipinski definition) is 3. The quantitative estimate of drug-likeness (QED) is 0.474. The molecule has 31 heavy (non-hydrogen) atoms. The fraction of sp³-hybridized carbons (Fsp3) is 0.458. The molecule has 7 nitrogen and oxygen atoms in total. The molecule has 0 bridgehead atoms. The van der Waals surface area contributed by atoms with Crippen LogP contribution in [0.1, 0.15) is 39.5 Å². The van der Waals surface area contributed by atoms with E-state index in [0.29, 0.717) is 29.0 Å². The summed E-state index contributed by atoms with van der Waals surface area (Å²) in [7, 11) is 1.58. The lowest BCUT2D eigenvalue weighted by Crippen LogP contribution is -2.37. The van der Waals surface area contributed by atoms with Gasteiger partial charge in [0, 0.05) is 36.6 Å². The van der Waals surface area contributed by atoms with Crippen LogP contribution >= 0.6 is 0 Å². The second-order valence-corrected chi connectivity index (χ2v) is 7.62. The molecule has 2 aromatic rings. The lowest BCUT2D eigenvalue weighted by molar-refractivity contribution is 0.120. The Morgan fingerprint density at radius 2 is 1.84 bits per heavy atom. The molecule has 0 saturated carbocycles. The van der Waals surface area contributed by atoms with Gasteiger partial charge in [-0.05, 0) is 62.1 Å². The third kappa shape index (κ3) is 6.79. The molecule has 1 fully saturated rings. The van der Waals surface area contributed by atoms with Gasteiger partial charge >= 0.3 is 6.03 Å². The summed E-state index contributed by atoms with van der Waals surface area (Å²) < 4.78 is 17.1. The number of carbonyl (C=O) groups is 1. The summed E-state index contributed by atoms with van der Waals surface area (Å²) in [6.45, 7) is 5.78. The van der Waals surface area contributed by atoms with Crippen molar-refractivity contribution in [3.05, 3.63) is 42.5 Å². The Labute approximate surface area is 184 Å². The monoisotopic (exact) mass is 427 g/mol. The van der Waals surface area contributed by atoms with Crippen molar-refractivity contribution in [2.75, 3.05) is 30.9 Å². The summed E-state index contributed by atoms with van der Waals surface area (Å²) in [6, 6.07) is 13.0. The van der Waals surface area contributed by atoms with Gasteiger partial charge < -0.3 is 30.2 Å².